The van der Waals surface area contributed by atoms with Gasteiger partial charge in [0, 0.05) is 12.2 Å². The highest BCUT2D eigenvalue weighted by molar-refractivity contribution is 9.10. The van der Waals surface area contributed by atoms with Crippen molar-refractivity contribution in [1.29, 1.82) is 0 Å². The maximum atomic E-state index is 6.22. The molecule has 0 amide bonds. The molecular weight excluding hydrogens is 290 g/mol. The average Bonchev–Trinajstić information content (AvgIpc) is 2.69. The van der Waals surface area contributed by atoms with Gasteiger partial charge in [0.2, 0.25) is 0 Å². The van der Waals surface area contributed by atoms with Gasteiger partial charge in [-0.2, -0.15) is 0 Å². The molecular formula is C14H14BrN3. The Bertz CT molecular complexity index is 570. The van der Waals surface area contributed by atoms with Crippen LogP contribution in [0.3, 0.4) is 0 Å². The molecule has 18 heavy (non-hydrogen) atoms. The number of halogens is 1. The fraction of sp³-hybridized carbons (Fsp3) is 0.214. The summed E-state index contributed by atoms with van der Waals surface area (Å²) in [6.07, 6.45) is 2.69. The van der Waals surface area contributed by atoms with E-state index in [2.05, 4.69) is 50.5 Å². The SMILES string of the molecule is NC1Cc2ccccc2C1Nc1ncccc1Br. The minimum absolute atomic E-state index is 0.0938. The first-order valence-corrected chi connectivity index (χ1v) is 6.75. The Balaban J connectivity index is 1.92. The van der Waals surface area contributed by atoms with E-state index < -0.39 is 0 Å². The molecule has 4 heteroatoms. The number of fused-ring (bicyclic) bond motifs is 1. The predicted molar refractivity (Wildman–Crippen MR) is 76.4 cm³/mol. The van der Waals surface area contributed by atoms with Gasteiger partial charge in [-0.05, 0) is 45.6 Å². The summed E-state index contributed by atoms with van der Waals surface area (Å²) in [6.45, 7) is 0. The van der Waals surface area contributed by atoms with E-state index in [1.807, 2.05) is 12.1 Å². The van der Waals surface area contributed by atoms with Crippen molar-refractivity contribution in [1.82, 2.24) is 4.98 Å². The molecule has 0 saturated carbocycles. The average molecular weight is 304 g/mol. The lowest BCUT2D eigenvalue weighted by atomic mass is 10.1. The van der Waals surface area contributed by atoms with Crippen LogP contribution in [0.5, 0.6) is 0 Å². The van der Waals surface area contributed by atoms with Crippen molar-refractivity contribution < 1.29 is 0 Å². The highest BCUT2D eigenvalue weighted by atomic mass is 79.9. The Morgan fingerprint density at radius 1 is 1.22 bits per heavy atom. The van der Waals surface area contributed by atoms with Crippen LogP contribution < -0.4 is 11.1 Å². The van der Waals surface area contributed by atoms with Crippen molar-refractivity contribution in [2.24, 2.45) is 5.73 Å². The molecule has 1 aliphatic carbocycles. The smallest absolute Gasteiger partial charge is 0.140 e. The predicted octanol–water partition coefficient (Wildman–Crippen LogP) is 2.88. The van der Waals surface area contributed by atoms with E-state index in [1.165, 1.54) is 11.1 Å². The minimum Gasteiger partial charge on any atom is -0.361 e. The highest BCUT2D eigenvalue weighted by Crippen LogP contribution is 2.34. The zero-order valence-electron chi connectivity index (χ0n) is 9.81. The van der Waals surface area contributed by atoms with Gasteiger partial charge in [-0.3, -0.25) is 0 Å². The van der Waals surface area contributed by atoms with Crippen molar-refractivity contribution in [2.75, 3.05) is 5.32 Å². The van der Waals surface area contributed by atoms with Gasteiger partial charge in [0.1, 0.15) is 5.82 Å². The Morgan fingerprint density at radius 3 is 2.89 bits per heavy atom. The second kappa shape index (κ2) is 4.71. The van der Waals surface area contributed by atoms with Gasteiger partial charge in [0.15, 0.2) is 0 Å². The molecule has 2 aromatic rings. The largest absolute Gasteiger partial charge is 0.361 e. The van der Waals surface area contributed by atoms with Gasteiger partial charge in [-0.1, -0.05) is 24.3 Å². The summed E-state index contributed by atoms with van der Waals surface area (Å²) in [5.74, 6) is 0.842. The van der Waals surface area contributed by atoms with Gasteiger partial charge in [0.25, 0.3) is 0 Å². The van der Waals surface area contributed by atoms with E-state index in [4.69, 9.17) is 5.73 Å². The molecule has 3 nitrogen and oxygen atoms in total. The number of pyridine rings is 1. The number of aromatic nitrogens is 1. The lowest BCUT2D eigenvalue weighted by molar-refractivity contribution is 0.623. The third-order valence-corrected chi connectivity index (χ3v) is 3.96. The van der Waals surface area contributed by atoms with E-state index in [1.54, 1.807) is 6.20 Å². The van der Waals surface area contributed by atoms with Gasteiger partial charge < -0.3 is 11.1 Å². The molecule has 0 spiro atoms. The number of anilines is 1. The number of nitrogens with one attached hydrogen (secondary N) is 1. The molecule has 0 radical (unpaired) electrons. The highest BCUT2D eigenvalue weighted by Gasteiger charge is 2.29. The Morgan fingerprint density at radius 2 is 2.06 bits per heavy atom. The summed E-state index contributed by atoms with van der Waals surface area (Å²) in [5.41, 5.74) is 8.83. The third kappa shape index (κ3) is 2.02. The molecule has 0 saturated heterocycles. The molecule has 0 bridgehead atoms. The monoisotopic (exact) mass is 303 g/mol. The van der Waals surface area contributed by atoms with Crippen molar-refractivity contribution >= 4 is 21.7 Å². The molecule has 1 aromatic heterocycles. The molecule has 3 N–H and O–H groups in total. The zero-order chi connectivity index (χ0) is 12.5. The first-order valence-electron chi connectivity index (χ1n) is 5.96. The first kappa shape index (κ1) is 11.7. The molecule has 2 unspecified atom stereocenters. The summed E-state index contributed by atoms with van der Waals surface area (Å²) in [4.78, 5) is 4.34. The van der Waals surface area contributed by atoms with E-state index in [0.717, 1.165) is 16.7 Å². The second-order valence-corrected chi connectivity index (χ2v) is 5.38. The number of hydrogen-bond acceptors (Lipinski definition) is 3. The molecule has 1 aromatic carbocycles. The third-order valence-electron chi connectivity index (χ3n) is 3.32. The fourth-order valence-electron chi connectivity index (χ4n) is 2.45. The van der Waals surface area contributed by atoms with E-state index in [-0.39, 0.29) is 12.1 Å². The molecule has 1 aliphatic rings. The number of rotatable bonds is 2. The number of hydrogen-bond donors (Lipinski definition) is 2. The normalized spacial score (nSPS) is 21.7. The Hall–Kier alpha value is -1.39. The van der Waals surface area contributed by atoms with Crippen molar-refractivity contribution in [3.8, 4) is 0 Å². The zero-order valence-corrected chi connectivity index (χ0v) is 11.4. The summed E-state index contributed by atoms with van der Waals surface area (Å²) in [6, 6.07) is 12.5. The van der Waals surface area contributed by atoms with Crippen LogP contribution in [0.4, 0.5) is 5.82 Å². The second-order valence-electron chi connectivity index (χ2n) is 4.52. The van der Waals surface area contributed by atoms with Crippen LogP contribution in [-0.2, 0) is 6.42 Å². The Kier molecular flexibility index (Phi) is 3.06. The topological polar surface area (TPSA) is 50.9 Å². The minimum atomic E-state index is 0.0938. The van der Waals surface area contributed by atoms with Gasteiger partial charge >= 0.3 is 0 Å². The quantitative estimate of drug-likeness (QED) is 0.897. The van der Waals surface area contributed by atoms with Crippen LogP contribution in [-0.4, -0.2) is 11.0 Å². The van der Waals surface area contributed by atoms with Crippen LogP contribution in [0.2, 0.25) is 0 Å². The van der Waals surface area contributed by atoms with Gasteiger partial charge in [0.05, 0.1) is 10.5 Å². The molecule has 92 valence electrons. The van der Waals surface area contributed by atoms with Gasteiger partial charge in [-0.25, -0.2) is 4.98 Å². The van der Waals surface area contributed by atoms with Gasteiger partial charge in [-0.15, -0.1) is 0 Å². The lowest BCUT2D eigenvalue weighted by Gasteiger charge is -2.20. The number of nitrogens with zero attached hydrogens (tertiary/aromatic N) is 1. The maximum Gasteiger partial charge on any atom is 0.140 e. The summed E-state index contributed by atoms with van der Waals surface area (Å²) < 4.78 is 0.960. The van der Waals surface area contributed by atoms with Crippen molar-refractivity contribution in [2.45, 2.75) is 18.5 Å². The standard InChI is InChI=1S/C14H14BrN3/c15-11-6-3-7-17-14(11)18-13-10-5-2-1-4-9(10)8-12(13)16/h1-7,12-13H,8,16H2,(H,17,18). The number of benzene rings is 1. The van der Waals surface area contributed by atoms with E-state index in [9.17, 15) is 0 Å². The van der Waals surface area contributed by atoms with Crippen LogP contribution in [0.15, 0.2) is 47.1 Å². The first-order chi connectivity index (χ1) is 8.75. The van der Waals surface area contributed by atoms with Crippen LogP contribution in [0.25, 0.3) is 0 Å². The fourth-order valence-corrected chi connectivity index (χ4v) is 2.82. The molecule has 0 fully saturated rings. The summed E-state index contributed by atoms with van der Waals surface area (Å²) in [5, 5.41) is 3.43. The molecule has 0 aliphatic heterocycles. The molecule has 1 heterocycles. The van der Waals surface area contributed by atoms with Crippen LogP contribution in [0, 0.1) is 0 Å². The van der Waals surface area contributed by atoms with Crippen molar-refractivity contribution in [3.05, 3.63) is 58.2 Å². The van der Waals surface area contributed by atoms with E-state index in [0.29, 0.717) is 0 Å². The van der Waals surface area contributed by atoms with Crippen molar-refractivity contribution in [3.63, 3.8) is 0 Å². The maximum absolute atomic E-state index is 6.22. The lowest BCUT2D eigenvalue weighted by Crippen LogP contribution is -2.30. The van der Waals surface area contributed by atoms with E-state index >= 15 is 0 Å². The molecule has 2 atom stereocenters. The van der Waals surface area contributed by atoms with Crippen LogP contribution >= 0.6 is 15.9 Å². The number of nitrogens with two attached hydrogens (primary N) is 1. The van der Waals surface area contributed by atoms with Crippen LogP contribution in [0.1, 0.15) is 17.2 Å². The summed E-state index contributed by atoms with van der Waals surface area (Å²) in [7, 11) is 0. The molecule has 3 rings (SSSR count). The Labute approximate surface area is 115 Å². The summed E-state index contributed by atoms with van der Waals surface area (Å²) >= 11 is 3.50.